The van der Waals surface area contributed by atoms with Crippen LogP contribution in [0.1, 0.15) is 23.1 Å². The van der Waals surface area contributed by atoms with Gasteiger partial charge in [0.15, 0.2) is 5.69 Å². The van der Waals surface area contributed by atoms with E-state index in [4.69, 9.17) is 28.0 Å². The summed E-state index contributed by atoms with van der Waals surface area (Å²) in [5, 5.41) is 17.0. The van der Waals surface area contributed by atoms with Crippen molar-refractivity contribution in [1.29, 1.82) is 5.26 Å². The first-order valence-electron chi connectivity index (χ1n) is 9.80. The molecule has 0 spiro atoms. The van der Waals surface area contributed by atoms with Crippen LogP contribution in [-0.4, -0.2) is 30.8 Å². The summed E-state index contributed by atoms with van der Waals surface area (Å²) in [7, 11) is 0. The van der Waals surface area contributed by atoms with Crippen LogP contribution in [0.4, 0.5) is 32.0 Å². The summed E-state index contributed by atoms with van der Waals surface area (Å²) < 4.78 is 81.3. The highest BCUT2D eigenvalue weighted by Crippen LogP contribution is 2.50. The Hall–Kier alpha value is -3.07. The minimum atomic E-state index is -4.93. The second kappa shape index (κ2) is 8.55. The molecule has 2 aliphatic rings. The number of hydrogen-bond acceptors (Lipinski definition) is 4. The van der Waals surface area contributed by atoms with Crippen molar-refractivity contribution in [3.63, 3.8) is 0 Å². The third kappa shape index (κ3) is 4.61. The topological polar surface area (TPSA) is 57.7 Å². The fourth-order valence-electron chi connectivity index (χ4n) is 3.96. The fourth-order valence-corrected chi connectivity index (χ4v) is 4.49. The Morgan fingerprint density at radius 2 is 1.74 bits per heavy atom. The van der Waals surface area contributed by atoms with Crippen LogP contribution in [0.15, 0.2) is 58.9 Å². The quantitative estimate of drug-likeness (QED) is 0.319. The van der Waals surface area contributed by atoms with Crippen LogP contribution in [-0.2, 0) is 10.4 Å². The zero-order valence-corrected chi connectivity index (χ0v) is 18.8. The summed E-state index contributed by atoms with van der Waals surface area (Å²) in [4.78, 5) is 4.93. The van der Waals surface area contributed by atoms with E-state index in [0.29, 0.717) is 0 Å². The third-order valence-electron chi connectivity index (χ3n) is 5.49. The molecule has 13 heteroatoms. The normalized spacial score (nSPS) is 23.8. The molecule has 2 unspecified atom stereocenters. The highest BCUT2D eigenvalue weighted by Gasteiger charge is 2.62. The first kappa shape index (κ1) is 25.0. The number of halogens is 8. The van der Waals surface area contributed by atoms with Gasteiger partial charge in [0.25, 0.3) is 5.60 Å². The molecule has 182 valence electrons. The Balaban J connectivity index is 1.74. The lowest BCUT2D eigenvalue weighted by molar-refractivity contribution is -0.275. The number of benzene rings is 2. The molecular weight excluding hydrogens is 521 g/mol. The Morgan fingerprint density at radius 1 is 1.06 bits per heavy atom. The molecule has 2 atom stereocenters. The SMILES string of the molecule is N#Cc1cc(C2=NOC(c3cc(Cl)cc(Cl)c3)(C(F)(F)F)C2)ccc1[N+]1(CC(F)(F)F)C=CC=N1. The molecule has 0 radical (unpaired) electrons. The van der Waals surface area contributed by atoms with Crippen molar-refractivity contribution in [2.75, 3.05) is 6.54 Å². The summed E-state index contributed by atoms with van der Waals surface area (Å²) in [6.45, 7) is -1.41. The lowest BCUT2D eigenvalue weighted by Gasteiger charge is -2.29. The molecule has 2 heterocycles. The number of allylic oxidation sites excluding steroid dienone is 1. The zero-order chi connectivity index (χ0) is 25.6. The van der Waals surface area contributed by atoms with Gasteiger partial charge in [-0.2, -0.15) is 31.6 Å². The van der Waals surface area contributed by atoms with Gasteiger partial charge in [0.05, 0.1) is 11.9 Å². The smallest absolute Gasteiger partial charge is 0.374 e. The lowest BCUT2D eigenvalue weighted by atomic mass is 9.86. The Labute approximate surface area is 204 Å². The zero-order valence-electron chi connectivity index (χ0n) is 17.3. The molecule has 5 nitrogen and oxygen atoms in total. The van der Waals surface area contributed by atoms with Crippen molar-refractivity contribution >= 4 is 40.8 Å². The van der Waals surface area contributed by atoms with Gasteiger partial charge < -0.3 is 4.84 Å². The first-order chi connectivity index (χ1) is 16.3. The van der Waals surface area contributed by atoms with E-state index in [1.54, 1.807) is 6.07 Å². The molecule has 0 fully saturated rings. The molecule has 0 amide bonds. The molecule has 0 bridgehead atoms. The highest BCUT2D eigenvalue weighted by molar-refractivity contribution is 6.34. The van der Waals surface area contributed by atoms with Crippen molar-refractivity contribution in [2.45, 2.75) is 24.4 Å². The average molecular weight is 534 g/mol. The number of nitrogens with zero attached hydrogens (tertiary/aromatic N) is 4. The van der Waals surface area contributed by atoms with Gasteiger partial charge in [0.1, 0.15) is 17.8 Å². The van der Waals surface area contributed by atoms with Crippen molar-refractivity contribution in [3.8, 4) is 6.07 Å². The number of nitriles is 1. The van der Waals surface area contributed by atoms with Crippen molar-refractivity contribution < 1.29 is 31.2 Å². The molecule has 2 aromatic rings. The minimum Gasteiger partial charge on any atom is -0.374 e. The van der Waals surface area contributed by atoms with Gasteiger partial charge in [-0.1, -0.05) is 33.5 Å². The molecule has 0 aromatic heterocycles. The maximum absolute atomic E-state index is 14.2. The van der Waals surface area contributed by atoms with Crippen molar-refractivity contribution in [3.05, 3.63) is 75.4 Å². The molecule has 0 saturated heterocycles. The standard InChI is InChI=1S/C22H13Cl2F6N4O/c23-16-7-15(8-17(24)9-16)20(22(28,29)30)10-18(33-35-20)13-2-3-19(14(6-13)11-31)34(5-1-4-32-34)12-21(25,26)27/h1-9H,10,12H2/q+1. The Morgan fingerprint density at radius 3 is 2.29 bits per heavy atom. The van der Waals surface area contributed by atoms with E-state index in [1.165, 1.54) is 30.5 Å². The maximum Gasteiger partial charge on any atom is 0.441 e. The largest absolute Gasteiger partial charge is 0.441 e. The molecule has 35 heavy (non-hydrogen) atoms. The summed E-state index contributed by atoms with van der Waals surface area (Å²) in [6.07, 6.45) is -6.69. The number of oxime groups is 1. The second-order valence-electron chi connectivity index (χ2n) is 7.84. The van der Waals surface area contributed by atoms with Crippen LogP contribution in [0, 0.1) is 11.3 Å². The van der Waals surface area contributed by atoms with Gasteiger partial charge in [-0.25, -0.2) is 0 Å². The Kier molecular flexibility index (Phi) is 6.12. The molecule has 2 aromatic carbocycles. The molecule has 0 N–H and O–H groups in total. The number of quaternary nitrogens is 1. The van der Waals surface area contributed by atoms with Gasteiger partial charge >= 0.3 is 12.4 Å². The van der Waals surface area contributed by atoms with E-state index >= 15 is 0 Å². The molecule has 4 rings (SSSR count). The van der Waals surface area contributed by atoms with E-state index in [0.717, 1.165) is 24.4 Å². The summed E-state index contributed by atoms with van der Waals surface area (Å²) in [6, 6.07) is 8.83. The Bertz CT molecular complexity index is 1280. The van der Waals surface area contributed by atoms with E-state index < -0.39 is 35.5 Å². The number of alkyl halides is 6. The van der Waals surface area contributed by atoms with Gasteiger partial charge in [-0.3, -0.25) is 0 Å². The van der Waals surface area contributed by atoms with Crippen LogP contribution in [0.3, 0.4) is 0 Å². The molecule has 0 saturated carbocycles. The van der Waals surface area contributed by atoms with Crippen LogP contribution in [0.5, 0.6) is 0 Å². The molecule has 2 aliphatic heterocycles. The van der Waals surface area contributed by atoms with Crippen LogP contribution >= 0.6 is 23.2 Å². The van der Waals surface area contributed by atoms with Gasteiger partial charge in [0.2, 0.25) is 6.54 Å². The van der Waals surface area contributed by atoms with Gasteiger partial charge in [0, 0.05) is 39.7 Å². The summed E-state index contributed by atoms with van der Waals surface area (Å²) in [5.74, 6) is 0. The van der Waals surface area contributed by atoms with Crippen LogP contribution < -0.4 is 4.59 Å². The first-order valence-corrected chi connectivity index (χ1v) is 10.6. The van der Waals surface area contributed by atoms with E-state index in [1.807, 2.05) is 0 Å². The predicted octanol–water partition coefficient (Wildman–Crippen LogP) is 6.83. The van der Waals surface area contributed by atoms with Crippen LogP contribution in [0.2, 0.25) is 10.0 Å². The van der Waals surface area contributed by atoms with E-state index in [9.17, 15) is 31.6 Å². The second-order valence-corrected chi connectivity index (χ2v) is 8.71. The van der Waals surface area contributed by atoms with E-state index in [-0.39, 0.29) is 38.1 Å². The summed E-state index contributed by atoms with van der Waals surface area (Å²) >= 11 is 11.8. The van der Waals surface area contributed by atoms with Gasteiger partial charge in [-0.15, -0.1) is 4.59 Å². The van der Waals surface area contributed by atoms with Crippen LogP contribution in [0.25, 0.3) is 0 Å². The monoisotopic (exact) mass is 533 g/mol. The molecular formula is C22H13Cl2F6N4O+. The number of rotatable bonds is 4. The third-order valence-corrected chi connectivity index (χ3v) is 5.93. The molecule has 0 aliphatic carbocycles. The highest BCUT2D eigenvalue weighted by atomic mass is 35.5. The maximum atomic E-state index is 14.2. The predicted molar refractivity (Wildman–Crippen MR) is 118 cm³/mol. The van der Waals surface area contributed by atoms with Gasteiger partial charge in [-0.05, 0) is 30.3 Å². The average Bonchev–Trinajstić information content (AvgIpc) is 3.40. The van der Waals surface area contributed by atoms with Crippen molar-refractivity contribution in [1.82, 2.24) is 4.59 Å². The summed E-state index contributed by atoms with van der Waals surface area (Å²) in [5.41, 5.74) is -3.67. The lowest BCUT2D eigenvalue weighted by Crippen LogP contribution is -2.45. The minimum absolute atomic E-state index is 0.0396. The fraction of sp³-hybridized carbons (Fsp3) is 0.227. The number of hydrogen-bond donors (Lipinski definition) is 0. The van der Waals surface area contributed by atoms with E-state index in [2.05, 4.69) is 10.3 Å². The van der Waals surface area contributed by atoms with Crippen molar-refractivity contribution in [2.24, 2.45) is 10.3 Å².